The van der Waals surface area contributed by atoms with Gasteiger partial charge in [-0.15, -0.1) is 12.4 Å². The highest BCUT2D eigenvalue weighted by molar-refractivity contribution is 7.99. The lowest BCUT2D eigenvalue weighted by Gasteiger charge is -2.12. The Hall–Kier alpha value is -1.73. The fraction of sp³-hybridized carbons (Fsp3) is 0.278. The Labute approximate surface area is 158 Å². The van der Waals surface area contributed by atoms with E-state index in [-0.39, 0.29) is 30.8 Å². The molecular formula is C18H23ClN2O3S. The summed E-state index contributed by atoms with van der Waals surface area (Å²) in [7, 11) is 3.20. The fourth-order valence-electron chi connectivity index (χ4n) is 2.07. The molecular weight excluding hydrogens is 360 g/mol. The molecule has 1 amide bonds. The Bertz CT molecular complexity index is 646. The van der Waals surface area contributed by atoms with Crippen LogP contribution in [0.25, 0.3) is 0 Å². The first kappa shape index (κ1) is 21.3. The number of amides is 1. The highest BCUT2D eigenvalue weighted by atomic mass is 35.5. The van der Waals surface area contributed by atoms with Gasteiger partial charge in [0.25, 0.3) is 0 Å². The van der Waals surface area contributed by atoms with Crippen molar-refractivity contribution in [3.05, 3.63) is 48.5 Å². The molecule has 2 aromatic rings. The van der Waals surface area contributed by atoms with E-state index in [0.717, 1.165) is 21.2 Å². The molecule has 25 heavy (non-hydrogen) atoms. The maximum absolute atomic E-state index is 11.9. The van der Waals surface area contributed by atoms with Crippen molar-refractivity contribution in [1.82, 2.24) is 0 Å². The molecule has 0 spiro atoms. The molecule has 136 valence electrons. The van der Waals surface area contributed by atoms with Gasteiger partial charge in [-0.25, -0.2) is 0 Å². The van der Waals surface area contributed by atoms with Crippen LogP contribution in [0.5, 0.6) is 5.75 Å². The van der Waals surface area contributed by atoms with Crippen LogP contribution in [0.3, 0.4) is 0 Å². The van der Waals surface area contributed by atoms with Crippen LogP contribution < -0.4 is 15.8 Å². The highest BCUT2D eigenvalue weighted by Gasteiger charge is 2.11. The molecule has 0 aromatic heterocycles. The van der Waals surface area contributed by atoms with E-state index >= 15 is 0 Å². The lowest BCUT2D eigenvalue weighted by molar-refractivity contribution is -0.118. The number of benzene rings is 2. The number of ether oxygens (including phenoxy) is 2. The van der Waals surface area contributed by atoms with E-state index in [1.807, 2.05) is 48.5 Å². The van der Waals surface area contributed by atoms with Gasteiger partial charge in [-0.05, 0) is 48.5 Å². The van der Waals surface area contributed by atoms with Crippen LogP contribution >= 0.6 is 24.2 Å². The number of carbonyl (C=O) groups excluding carboxylic acids is 1. The van der Waals surface area contributed by atoms with Gasteiger partial charge in [0.1, 0.15) is 5.75 Å². The number of methoxy groups -OCH3 is 2. The zero-order chi connectivity index (χ0) is 17.4. The Morgan fingerprint density at radius 1 is 1.08 bits per heavy atom. The van der Waals surface area contributed by atoms with Gasteiger partial charge >= 0.3 is 0 Å². The third kappa shape index (κ3) is 6.96. The molecule has 0 bridgehead atoms. The number of carbonyl (C=O) groups is 1. The predicted octanol–water partition coefficient (Wildman–Crippen LogP) is 3.57. The molecule has 0 aliphatic carbocycles. The van der Waals surface area contributed by atoms with E-state index < -0.39 is 0 Å². The van der Waals surface area contributed by atoms with Crippen molar-refractivity contribution < 1.29 is 14.3 Å². The number of anilines is 1. The molecule has 0 aliphatic heterocycles. The minimum Gasteiger partial charge on any atom is -0.497 e. The van der Waals surface area contributed by atoms with Crippen LogP contribution in [0.1, 0.15) is 6.42 Å². The Morgan fingerprint density at radius 3 is 2.12 bits per heavy atom. The summed E-state index contributed by atoms with van der Waals surface area (Å²) in [6.45, 7) is 0.321. The van der Waals surface area contributed by atoms with Gasteiger partial charge < -0.3 is 20.5 Å². The Balaban J connectivity index is 0.00000312. The van der Waals surface area contributed by atoms with E-state index in [1.165, 1.54) is 0 Å². The number of nitrogens with one attached hydrogen (secondary N) is 1. The minimum absolute atomic E-state index is 0. The summed E-state index contributed by atoms with van der Waals surface area (Å²) in [6.07, 6.45) is -0.00933. The van der Waals surface area contributed by atoms with Crippen molar-refractivity contribution in [2.45, 2.75) is 22.3 Å². The number of rotatable bonds is 8. The standard InChI is InChI=1S/C18H22N2O3S.ClH/c1-22-14-5-9-17(10-6-14)24-16-7-3-13(4-8-16)20-18(21)11-15(12-19)23-2;/h3-10,15H,11-12,19H2,1-2H3,(H,20,21);1H. The van der Waals surface area contributed by atoms with E-state index in [9.17, 15) is 4.79 Å². The molecule has 3 N–H and O–H groups in total. The third-order valence-corrected chi connectivity index (χ3v) is 4.46. The average molecular weight is 383 g/mol. The van der Waals surface area contributed by atoms with Crippen molar-refractivity contribution in [1.29, 1.82) is 0 Å². The quantitative estimate of drug-likeness (QED) is 0.730. The topological polar surface area (TPSA) is 73.6 Å². The average Bonchev–Trinajstić information content (AvgIpc) is 2.62. The van der Waals surface area contributed by atoms with Gasteiger partial charge in [-0.2, -0.15) is 0 Å². The molecule has 0 saturated heterocycles. The minimum atomic E-state index is -0.255. The van der Waals surface area contributed by atoms with Gasteiger partial charge in [0.05, 0.1) is 19.6 Å². The summed E-state index contributed by atoms with van der Waals surface area (Å²) in [5, 5.41) is 2.85. The zero-order valence-electron chi connectivity index (χ0n) is 14.2. The van der Waals surface area contributed by atoms with Crippen molar-refractivity contribution in [3.8, 4) is 5.75 Å². The highest BCUT2D eigenvalue weighted by Crippen LogP contribution is 2.29. The van der Waals surface area contributed by atoms with Gasteiger partial charge in [-0.3, -0.25) is 4.79 Å². The number of hydrogen-bond donors (Lipinski definition) is 2. The molecule has 0 radical (unpaired) electrons. The molecule has 1 atom stereocenters. The van der Waals surface area contributed by atoms with Crippen molar-refractivity contribution in [2.75, 3.05) is 26.1 Å². The second kappa shape index (κ2) is 11.0. The fourth-order valence-corrected chi connectivity index (χ4v) is 2.88. The monoisotopic (exact) mass is 382 g/mol. The molecule has 0 fully saturated rings. The second-order valence-electron chi connectivity index (χ2n) is 5.15. The normalized spacial score (nSPS) is 11.3. The Morgan fingerprint density at radius 2 is 1.64 bits per heavy atom. The first-order valence-corrected chi connectivity index (χ1v) is 8.41. The summed E-state index contributed by atoms with van der Waals surface area (Å²) in [5.41, 5.74) is 6.28. The molecule has 1 unspecified atom stereocenters. The first-order valence-electron chi connectivity index (χ1n) is 7.59. The largest absolute Gasteiger partial charge is 0.497 e. The molecule has 2 rings (SSSR count). The number of nitrogens with two attached hydrogens (primary N) is 1. The molecule has 0 saturated carbocycles. The second-order valence-corrected chi connectivity index (χ2v) is 6.29. The van der Waals surface area contributed by atoms with Crippen LogP contribution in [0.2, 0.25) is 0 Å². The maximum atomic E-state index is 11.9. The zero-order valence-corrected chi connectivity index (χ0v) is 15.9. The number of halogens is 1. The summed E-state index contributed by atoms with van der Waals surface area (Å²) >= 11 is 1.65. The third-order valence-electron chi connectivity index (χ3n) is 3.44. The molecule has 0 heterocycles. The van der Waals surface area contributed by atoms with Crippen molar-refractivity contribution >= 4 is 35.8 Å². The summed E-state index contributed by atoms with van der Waals surface area (Å²) in [5.74, 6) is 0.729. The van der Waals surface area contributed by atoms with Gasteiger partial charge in [-0.1, -0.05) is 11.8 Å². The van der Waals surface area contributed by atoms with Crippen LogP contribution in [-0.4, -0.2) is 32.8 Å². The van der Waals surface area contributed by atoms with Crippen LogP contribution in [0, 0.1) is 0 Å². The van der Waals surface area contributed by atoms with E-state index in [1.54, 1.807) is 26.0 Å². The lowest BCUT2D eigenvalue weighted by Crippen LogP contribution is -2.28. The van der Waals surface area contributed by atoms with Crippen LogP contribution in [-0.2, 0) is 9.53 Å². The lowest BCUT2D eigenvalue weighted by atomic mass is 10.2. The SMILES string of the molecule is COc1ccc(Sc2ccc(NC(=O)CC(CN)OC)cc2)cc1.Cl. The van der Waals surface area contributed by atoms with E-state index in [4.69, 9.17) is 15.2 Å². The van der Waals surface area contributed by atoms with Crippen molar-refractivity contribution in [3.63, 3.8) is 0 Å². The van der Waals surface area contributed by atoms with E-state index in [0.29, 0.717) is 6.54 Å². The molecule has 7 heteroatoms. The van der Waals surface area contributed by atoms with E-state index in [2.05, 4.69) is 5.32 Å². The van der Waals surface area contributed by atoms with Gasteiger partial charge in [0.15, 0.2) is 0 Å². The van der Waals surface area contributed by atoms with Crippen molar-refractivity contribution in [2.24, 2.45) is 5.73 Å². The van der Waals surface area contributed by atoms with Gasteiger partial charge in [0.2, 0.25) is 5.91 Å². The maximum Gasteiger partial charge on any atom is 0.227 e. The summed E-state index contributed by atoms with van der Waals surface area (Å²) in [4.78, 5) is 14.1. The smallest absolute Gasteiger partial charge is 0.227 e. The molecule has 5 nitrogen and oxygen atoms in total. The first-order chi connectivity index (χ1) is 11.6. The van der Waals surface area contributed by atoms with Crippen LogP contribution in [0.4, 0.5) is 5.69 Å². The Kier molecular flexibility index (Phi) is 9.37. The van der Waals surface area contributed by atoms with Gasteiger partial charge in [0, 0.05) is 29.1 Å². The molecule has 2 aromatic carbocycles. The van der Waals surface area contributed by atoms with Crippen LogP contribution in [0.15, 0.2) is 58.3 Å². The number of hydrogen-bond acceptors (Lipinski definition) is 5. The summed E-state index contributed by atoms with van der Waals surface area (Å²) in [6, 6.07) is 15.6. The summed E-state index contributed by atoms with van der Waals surface area (Å²) < 4.78 is 10.3. The predicted molar refractivity (Wildman–Crippen MR) is 104 cm³/mol. The molecule has 0 aliphatic rings.